The van der Waals surface area contributed by atoms with Crippen LogP contribution in [0.25, 0.3) is 10.9 Å². The summed E-state index contributed by atoms with van der Waals surface area (Å²) in [4.78, 5) is 28.4. The van der Waals surface area contributed by atoms with Gasteiger partial charge in [-0.2, -0.15) is 0 Å². The van der Waals surface area contributed by atoms with Crippen LogP contribution in [0, 0.1) is 0 Å². The van der Waals surface area contributed by atoms with Crippen molar-refractivity contribution in [1.29, 1.82) is 0 Å². The number of carbonyl (C=O) groups is 1. The minimum absolute atomic E-state index is 0.153. The minimum atomic E-state index is -0.289. The lowest BCUT2D eigenvalue weighted by Gasteiger charge is -2.06. The van der Waals surface area contributed by atoms with Gasteiger partial charge in [-0.3, -0.25) is 9.59 Å². The molecule has 3 aromatic rings. The van der Waals surface area contributed by atoms with Gasteiger partial charge in [0.2, 0.25) is 5.43 Å². The summed E-state index contributed by atoms with van der Waals surface area (Å²) in [5.41, 5.74) is 2.19. The third-order valence-corrected chi connectivity index (χ3v) is 4.03. The van der Waals surface area contributed by atoms with Crippen LogP contribution in [0.2, 0.25) is 0 Å². The molecule has 0 amide bonds. The molecule has 3 rings (SSSR count). The fourth-order valence-electron chi connectivity index (χ4n) is 2.68. The first kappa shape index (κ1) is 16.0. The van der Waals surface area contributed by atoms with Crippen LogP contribution in [0.1, 0.15) is 35.3 Å². The first-order valence-electron chi connectivity index (χ1n) is 8.06. The molecule has 0 aliphatic rings. The zero-order valence-electron chi connectivity index (χ0n) is 13.8. The maximum absolute atomic E-state index is 12.7. The number of hydrogen-bond acceptors (Lipinski definition) is 3. The molecule has 0 aliphatic carbocycles. The molecule has 122 valence electrons. The number of benzene rings is 2. The van der Waals surface area contributed by atoms with Crippen molar-refractivity contribution in [3.05, 3.63) is 75.6 Å². The van der Waals surface area contributed by atoms with Gasteiger partial charge in [0.15, 0.2) is 5.78 Å². The Morgan fingerprint density at radius 2 is 1.83 bits per heavy atom. The number of H-pyrrole nitrogens is 1. The van der Waals surface area contributed by atoms with Gasteiger partial charge in [0.05, 0.1) is 12.2 Å². The van der Waals surface area contributed by atoms with E-state index in [1.807, 2.05) is 32.0 Å². The van der Waals surface area contributed by atoms with Crippen molar-refractivity contribution in [2.24, 2.45) is 0 Å². The van der Waals surface area contributed by atoms with E-state index in [0.717, 1.165) is 17.5 Å². The number of carbonyl (C=O) groups excluding carboxylic acids is 1. The standard InChI is InChI=1S/C20H19NO3/c1-3-13-5-10-18-16(11-13)20(23)17(12-21-18)19(22)14-6-8-15(9-7-14)24-4-2/h5-12H,3-4H2,1-2H3,(H,21,23). The monoisotopic (exact) mass is 321 g/mol. The molecule has 0 saturated heterocycles. The molecule has 4 heteroatoms. The van der Waals surface area contributed by atoms with Gasteiger partial charge in [-0.25, -0.2) is 0 Å². The van der Waals surface area contributed by atoms with Gasteiger partial charge in [0.1, 0.15) is 5.75 Å². The number of hydrogen-bond donors (Lipinski definition) is 1. The van der Waals surface area contributed by atoms with Crippen molar-refractivity contribution in [3.63, 3.8) is 0 Å². The Kier molecular flexibility index (Phi) is 4.47. The summed E-state index contributed by atoms with van der Waals surface area (Å²) in [5.74, 6) is 0.414. The second-order valence-electron chi connectivity index (χ2n) is 5.55. The molecule has 0 saturated carbocycles. The number of fused-ring (bicyclic) bond motifs is 1. The van der Waals surface area contributed by atoms with Crippen molar-refractivity contribution >= 4 is 16.7 Å². The third-order valence-electron chi connectivity index (χ3n) is 4.03. The molecule has 0 atom stereocenters. The highest BCUT2D eigenvalue weighted by Crippen LogP contribution is 2.16. The van der Waals surface area contributed by atoms with Crippen molar-refractivity contribution in [2.45, 2.75) is 20.3 Å². The van der Waals surface area contributed by atoms with Crippen LogP contribution >= 0.6 is 0 Å². The third kappa shape index (κ3) is 2.95. The van der Waals surface area contributed by atoms with E-state index in [9.17, 15) is 9.59 Å². The lowest BCUT2D eigenvalue weighted by Crippen LogP contribution is -2.16. The van der Waals surface area contributed by atoms with Crippen LogP contribution in [0.3, 0.4) is 0 Å². The Morgan fingerprint density at radius 3 is 2.50 bits per heavy atom. The van der Waals surface area contributed by atoms with E-state index in [4.69, 9.17) is 4.74 Å². The predicted octanol–water partition coefficient (Wildman–Crippen LogP) is 3.72. The first-order valence-corrected chi connectivity index (χ1v) is 8.06. The maximum Gasteiger partial charge on any atom is 0.200 e. The molecule has 2 aromatic carbocycles. The van der Waals surface area contributed by atoms with Crippen LogP contribution in [0.5, 0.6) is 5.75 Å². The van der Waals surface area contributed by atoms with Crippen LogP contribution in [-0.4, -0.2) is 17.4 Å². The highest BCUT2D eigenvalue weighted by molar-refractivity contribution is 6.10. The highest BCUT2D eigenvalue weighted by Gasteiger charge is 2.15. The van der Waals surface area contributed by atoms with E-state index in [1.165, 1.54) is 6.20 Å². The number of ketones is 1. The van der Waals surface area contributed by atoms with E-state index in [2.05, 4.69) is 4.98 Å². The van der Waals surface area contributed by atoms with Crippen molar-refractivity contribution in [2.75, 3.05) is 6.61 Å². The highest BCUT2D eigenvalue weighted by atomic mass is 16.5. The van der Waals surface area contributed by atoms with Crippen LogP contribution in [0.4, 0.5) is 0 Å². The van der Waals surface area contributed by atoms with E-state index in [-0.39, 0.29) is 16.8 Å². The average Bonchev–Trinajstić information content (AvgIpc) is 2.62. The largest absolute Gasteiger partial charge is 0.494 e. The molecule has 0 bridgehead atoms. The topological polar surface area (TPSA) is 59.2 Å². The summed E-state index contributed by atoms with van der Waals surface area (Å²) in [6, 6.07) is 12.5. The minimum Gasteiger partial charge on any atom is -0.494 e. The number of rotatable bonds is 5. The molecular formula is C20H19NO3. The number of nitrogens with one attached hydrogen (secondary N) is 1. The first-order chi connectivity index (χ1) is 11.6. The molecule has 1 N–H and O–H groups in total. The smallest absolute Gasteiger partial charge is 0.200 e. The maximum atomic E-state index is 12.7. The van der Waals surface area contributed by atoms with Crippen LogP contribution < -0.4 is 10.2 Å². The molecule has 1 heterocycles. The molecule has 24 heavy (non-hydrogen) atoms. The molecule has 1 aromatic heterocycles. The Labute approximate surface area is 140 Å². The SMILES string of the molecule is CCOc1ccc(C(=O)c2c[nH]c3ccc(CC)cc3c2=O)cc1. The zero-order chi connectivity index (χ0) is 17.1. The second kappa shape index (κ2) is 6.71. The molecule has 0 aliphatic heterocycles. The number of aromatic amines is 1. The Morgan fingerprint density at radius 1 is 1.08 bits per heavy atom. The van der Waals surface area contributed by atoms with Crippen LogP contribution in [-0.2, 0) is 6.42 Å². The summed E-state index contributed by atoms with van der Waals surface area (Å²) in [5, 5.41) is 0.547. The van der Waals surface area contributed by atoms with Crippen molar-refractivity contribution in [3.8, 4) is 5.75 Å². The fourth-order valence-corrected chi connectivity index (χ4v) is 2.68. The van der Waals surface area contributed by atoms with Gasteiger partial charge in [0, 0.05) is 22.7 Å². The van der Waals surface area contributed by atoms with Gasteiger partial charge >= 0.3 is 0 Å². The number of aryl methyl sites for hydroxylation is 1. The summed E-state index contributed by atoms with van der Waals surface area (Å²) in [6.45, 7) is 4.50. The van der Waals surface area contributed by atoms with Gasteiger partial charge in [-0.15, -0.1) is 0 Å². The quantitative estimate of drug-likeness (QED) is 0.729. The Balaban J connectivity index is 2.03. The average molecular weight is 321 g/mol. The number of pyridine rings is 1. The number of aromatic nitrogens is 1. The fraction of sp³-hybridized carbons (Fsp3) is 0.200. The van der Waals surface area contributed by atoms with Crippen LogP contribution in [0.15, 0.2) is 53.5 Å². The normalized spacial score (nSPS) is 10.8. The van der Waals surface area contributed by atoms with Gasteiger partial charge in [-0.1, -0.05) is 13.0 Å². The van der Waals surface area contributed by atoms with E-state index in [0.29, 0.717) is 23.3 Å². The summed E-state index contributed by atoms with van der Waals surface area (Å²) >= 11 is 0. The summed E-state index contributed by atoms with van der Waals surface area (Å²) in [6.07, 6.45) is 2.33. The van der Waals surface area contributed by atoms with Crippen molar-refractivity contribution in [1.82, 2.24) is 4.98 Å². The molecule has 0 unspecified atom stereocenters. The zero-order valence-corrected chi connectivity index (χ0v) is 13.8. The molecule has 0 radical (unpaired) electrons. The molecule has 0 fully saturated rings. The van der Waals surface area contributed by atoms with E-state index < -0.39 is 0 Å². The van der Waals surface area contributed by atoms with Gasteiger partial charge in [0.25, 0.3) is 0 Å². The Bertz CT molecular complexity index is 939. The van der Waals surface area contributed by atoms with E-state index in [1.54, 1.807) is 24.3 Å². The Hall–Kier alpha value is -2.88. The predicted molar refractivity (Wildman–Crippen MR) is 95.0 cm³/mol. The van der Waals surface area contributed by atoms with Gasteiger partial charge in [-0.05, 0) is 55.3 Å². The lowest BCUT2D eigenvalue weighted by molar-refractivity contribution is 0.103. The second-order valence-corrected chi connectivity index (χ2v) is 5.55. The van der Waals surface area contributed by atoms with E-state index >= 15 is 0 Å². The molecule has 0 spiro atoms. The number of ether oxygens (including phenoxy) is 1. The molecule has 4 nitrogen and oxygen atoms in total. The van der Waals surface area contributed by atoms with Crippen molar-refractivity contribution < 1.29 is 9.53 Å². The summed E-state index contributed by atoms with van der Waals surface area (Å²) < 4.78 is 5.37. The molecular weight excluding hydrogens is 302 g/mol. The lowest BCUT2D eigenvalue weighted by atomic mass is 10.0. The summed E-state index contributed by atoms with van der Waals surface area (Å²) in [7, 11) is 0. The van der Waals surface area contributed by atoms with Gasteiger partial charge < -0.3 is 9.72 Å².